The summed E-state index contributed by atoms with van der Waals surface area (Å²) in [6.45, 7) is 31.7. The monoisotopic (exact) mass is 790 g/mol. The van der Waals surface area contributed by atoms with Crippen molar-refractivity contribution in [3.63, 3.8) is 0 Å². The van der Waals surface area contributed by atoms with E-state index in [0.717, 1.165) is 0 Å². The van der Waals surface area contributed by atoms with Crippen molar-refractivity contribution in [3.05, 3.63) is 118 Å². The maximum Gasteiger partial charge on any atom is 0.272 e. The summed E-state index contributed by atoms with van der Waals surface area (Å²) < 4.78 is 2.59. The molecule has 306 valence electrons. The number of rotatable bonds is 1. The molecule has 1 fully saturated rings. The second kappa shape index (κ2) is 11.6. The van der Waals surface area contributed by atoms with E-state index in [9.17, 15) is 0 Å². The topological polar surface area (TPSA) is 11.4 Å². The van der Waals surface area contributed by atoms with Gasteiger partial charge in [0.1, 0.15) is 0 Å². The van der Waals surface area contributed by atoms with E-state index in [-0.39, 0.29) is 39.3 Å². The molecule has 5 aromatic carbocycles. The fraction of sp³-hybridized carbons (Fsp3) is 0.429. The van der Waals surface area contributed by atoms with Crippen LogP contribution in [0.15, 0.2) is 84.9 Å². The summed E-state index contributed by atoms with van der Waals surface area (Å²) in [4.78, 5) is 5.69. The van der Waals surface area contributed by atoms with Crippen molar-refractivity contribution in [2.24, 2.45) is 7.05 Å². The molecule has 5 aliphatic rings. The quantitative estimate of drug-likeness (QED) is 0.154. The van der Waals surface area contributed by atoms with Crippen LogP contribution in [0.5, 0.6) is 0 Å². The minimum absolute atomic E-state index is 0.00389. The molecule has 0 radical (unpaired) electrons. The Morgan fingerprint density at radius 2 is 1.25 bits per heavy atom. The van der Waals surface area contributed by atoms with E-state index in [4.69, 9.17) is 0 Å². The third-order valence-corrected chi connectivity index (χ3v) is 16.6. The van der Waals surface area contributed by atoms with Crippen LogP contribution in [0.25, 0.3) is 22.0 Å². The molecule has 3 aliphatic heterocycles. The molecule has 1 aromatic heterocycles. The molecule has 1 saturated carbocycles. The van der Waals surface area contributed by atoms with E-state index in [1.807, 2.05) is 0 Å². The highest BCUT2D eigenvalue weighted by atomic mass is 15.3. The summed E-state index contributed by atoms with van der Waals surface area (Å²) in [5.74, 6) is 0. The normalized spacial score (nSPS) is 22.1. The van der Waals surface area contributed by atoms with Gasteiger partial charge in [-0.05, 0) is 122 Å². The summed E-state index contributed by atoms with van der Waals surface area (Å²) in [6.07, 6.45) is 4.95. The molecule has 4 heteroatoms. The number of benzene rings is 5. The molecule has 0 spiro atoms. The van der Waals surface area contributed by atoms with Crippen LogP contribution in [0.1, 0.15) is 149 Å². The Labute approximate surface area is 360 Å². The lowest BCUT2D eigenvalue weighted by Gasteiger charge is -2.53. The SMILES string of the molecule is Cn1c2c(c3cc(C(C)(C)C)ccc31)N(c1ccc(C(C)(C)C)cc1)c1c3c(cc4c1C(C)(C)c1ccccc1-4)N1c4c(cc(C(C)(C)C)cc4C4(C)CCCCC14C)B32. The number of anilines is 5. The average Bonchev–Trinajstić information content (AvgIpc) is 3.69. The Hall–Kier alpha value is -4.70. The zero-order valence-corrected chi connectivity index (χ0v) is 38.8. The van der Waals surface area contributed by atoms with Crippen molar-refractivity contribution >= 4 is 62.6 Å². The molecule has 60 heavy (non-hydrogen) atoms. The van der Waals surface area contributed by atoms with Gasteiger partial charge in [0, 0.05) is 57.1 Å². The van der Waals surface area contributed by atoms with E-state index in [1.165, 1.54) is 120 Å². The summed E-state index contributed by atoms with van der Waals surface area (Å²) in [5.41, 5.74) is 23.9. The van der Waals surface area contributed by atoms with Gasteiger partial charge in [0.15, 0.2) is 0 Å². The highest BCUT2D eigenvalue weighted by molar-refractivity contribution is 7.00. The number of fused-ring (bicyclic) bond motifs is 13. The minimum Gasteiger partial charge on any atom is -0.353 e. The van der Waals surface area contributed by atoms with Gasteiger partial charge >= 0.3 is 0 Å². The molecule has 4 heterocycles. The highest BCUT2D eigenvalue weighted by Gasteiger charge is 2.63. The smallest absolute Gasteiger partial charge is 0.272 e. The van der Waals surface area contributed by atoms with E-state index in [0.29, 0.717) is 0 Å². The van der Waals surface area contributed by atoms with E-state index in [1.54, 1.807) is 5.56 Å². The van der Waals surface area contributed by atoms with Crippen molar-refractivity contribution in [1.29, 1.82) is 0 Å². The Bertz CT molecular complexity index is 2850. The molecule has 6 aromatic rings. The molecular weight excluding hydrogens is 725 g/mol. The molecule has 2 atom stereocenters. The third-order valence-electron chi connectivity index (χ3n) is 16.6. The maximum atomic E-state index is 2.93. The molecule has 0 amide bonds. The summed E-state index contributed by atoms with van der Waals surface area (Å²) >= 11 is 0. The van der Waals surface area contributed by atoms with Gasteiger partial charge < -0.3 is 14.4 Å². The van der Waals surface area contributed by atoms with Crippen LogP contribution in [0.3, 0.4) is 0 Å². The van der Waals surface area contributed by atoms with Gasteiger partial charge in [0.05, 0.1) is 11.2 Å². The molecule has 2 aliphatic carbocycles. The number of hydrogen-bond donors (Lipinski definition) is 0. The molecule has 0 N–H and O–H groups in total. The van der Waals surface area contributed by atoms with Crippen LogP contribution in [0.2, 0.25) is 0 Å². The number of aryl methyl sites for hydroxylation is 1. The number of aromatic nitrogens is 1. The first kappa shape index (κ1) is 38.2. The van der Waals surface area contributed by atoms with Crippen LogP contribution in [0, 0.1) is 0 Å². The molecule has 3 nitrogen and oxygen atoms in total. The van der Waals surface area contributed by atoms with Crippen LogP contribution in [-0.2, 0) is 34.1 Å². The second-order valence-corrected chi connectivity index (χ2v) is 23.5. The van der Waals surface area contributed by atoms with E-state index >= 15 is 0 Å². The van der Waals surface area contributed by atoms with E-state index in [2.05, 4.69) is 196 Å². The fourth-order valence-corrected chi connectivity index (χ4v) is 12.9. The molecule has 11 rings (SSSR count). The first-order chi connectivity index (χ1) is 28.1. The molecule has 0 bridgehead atoms. The highest BCUT2D eigenvalue weighted by Crippen LogP contribution is 2.64. The molecule has 0 saturated heterocycles. The maximum absolute atomic E-state index is 2.93. The largest absolute Gasteiger partial charge is 0.353 e. The van der Waals surface area contributed by atoms with Gasteiger partial charge in [0.2, 0.25) is 0 Å². The standard InChI is InChI=1S/C56H64BN3/c1-51(2,3)33-21-24-36(25-22-33)59-47-39-29-34(52(4,5)6)23-26-43(39)58(14)50(47)57-42-31-35(53(7,8)9)30-41-48(42)60(56(13)28-18-17-27-55(41,56)12)44-32-38-37-19-15-16-20-40(37)54(10,11)45(38)49(59)46(44)57/h15-16,19-26,29-32H,17-18,27-28H2,1-14H3. The lowest BCUT2D eigenvalue weighted by molar-refractivity contribution is 0.195. The van der Waals surface area contributed by atoms with Crippen molar-refractivity contribution < 1.29 is 0 Å². The lowest BCUT2D eigenvalue weighted by Crippen LogP contribution is -2.65. The van der Waals surface area contributed by atoms with Gasteiger partial charge in [-0.1, -0.05) is 151 Å². The van der Waals surface area contributed by atoms with Crippen LogP contribution in [-0.4, -0.2) is 16.8 Å². The van der Waals surface area contributed by atoms with E-state index < -0.39 is 0 Å². The van der Waals surface area contributed by atoms with Gasteiger partial charge in [-0.2, -0.15) is 0 Å². The second-order valence-electron chi connectivity index (χ2n) is 23.5. The Balaban J connectivity index is 1.37. The summed E-state index contributed by atoms with van der Waals surface area (Å²) in [5, 5.41) is 1.34. The number of nitrogens with zero attached hydrogens (tertiary/aromatic N) is 3. The molecule has 2 unspecified atom stereocenters. The number of hydrogen-bond acceptors (Lipinski definition) is 2. The van der Waals surface area contributed by atoms with Crippen molar-refractivity contribution in [2.45, 2.75) is 148 Å². The first-order valence-corrected chi connectivity index (χ1v) is 22.9. The van der Waals surface area contributed by atoms with Gasteiger partial charge in [0.25, 0.3) is 6.71 Å². The molecular formula is C56H64BN3. The van der Waals surface area contributed by atoms with Gasteiger partial charge in [-0.25, -0.2) is 0 Å². The first-order valence-electron chi connectivity index (χ1n) is 22.9. The Morgan fingerprint density at radius 3 is 1.93 bits per heavy atom. The third kappa shape index (κ3) is 4.64. The van der Waals surface area contributed by atoms with Gasteiger partial charge in [-0.3, -0.25) is 0 Å². The minimum atomic E-state index is -0.212. The predicted octanol–water partition coefficient (Wildman–Crippen LogP) is 12.7. The van der Waals surface area contributed by atoms with Crippen molar-refractivity contribution in [3.8, 4) is 11.1 Å². The zero-order valence-electron chi connectivity index (χ0n) is 38.8. The lowest BCUT2D eigenvalue weighted by atomic mass is 9.34. The van der Waals surface area contributed by atoms with Crippen LogP contribution >= 0.6 is 0 Å². The van der Waals surface area contributed by atoms with Crippen LogP contribution < -0.4 is 26.3 Å². The summed E-state index contributed by atoms with van der Waals surface area (Å²) in [6, 6.07) is 34.3. The summed E-state index contributed by atoms with van der Waals surface area (Å²) in [7, 11) is 2.36. The average molecular weight is 790 g/mol. The van der Waals surface area contributed by atoms with Crippen molar-refractivity contribution in [1.82, 2.24) is 4.57 Å². The Kier molecular flexibility index (Phi) is 7.40. The predicted molar refractivity (Wildman–Crippen MR) is 259 cm³/mol. The van der Waals surface area contributed by atoms with Gasteiger partial charge in [-0.15, -0.1) is 0 Å². The fourth-order valence-electron chi connectivity index (χ4n) is 12.9. The Morgan fingerprint density at radius 1 is 0.600 bits per heavy atom. The zero-order chi connectivity index (χ0) is 42.4. The van der Waals surface area contributed by atoms with Crippen LogP contribution in [0.4, 0.5) is 28.4 Å². The van der Waals surface area contributed by atoms with Crippen molar-refractivity contribution in [2.75, 3.05) is 9.80 Å².